The maximum atomic E-state index is 12.1. The van der Waals surface area contributed by atoms with Gasteiger partial charge in [0.2, 0.25) is 0 Å². The second-order valence-electron chi connectivity index (χ2n) is 3.85. The molecule has 2 N–H and O–H groups in total. The third-order valence-electron chi connectivity index (χ3n) is 2.52. The summed E-state index contributed by atoms with van der Waals surface area (Å²) >= 11 is 0. The molecule has 0 aliphatic heterocycles. The minimum absolute atomic E-state index is 0.205. The molecule has 0 saturated heterocycles. The zero-order valence-corrected chi connectivity index (χ0v) is 8.09. The van der Waals surface area contributed by atoms with Gasteiger partial charge in [-0.25, -0.2) is 0 Å². The van der Waals surface area contributed by atoms with Gasteiger partial charge in [0.25, 0.3) is 0 Å². The van der Waals surface area contributed by atoms with Gasteiger partial charge in [-0.15, -0.1) is 0 Å². The first kappa shape index (κ1) is 10.5. The van der Waals surface area contributed by atoms with E-state index in [2.05, 4.69) is 5.10 Å². The minimum Gasteiger partial charge on any atom is -0.323 e. The Hall–Kier alpha value is -1.04. The Balaban J connectivity index is 2.22. The summed E-state index contributed by atoms with van der Waals surface area (Å²) in [5, 5.41) is 3.89. The number of nitrogens with zero attached hydrogens (tertiary/aromatic N) is 2. The fourth-order valence-electron chi connectivity index (χ4n) is 1.90. The van der Waals surface area contributed by atoms with Crippen molar-refractivity contribution in [2.75, 3.05) is 0 Å². The third kappa shape index (κ3) is 2.31. The molecule has 2 rings (SSSR count). The Morgan fingerprint density at radius 1 is 1.53 bits per heavy atom. The topological polar surface area (TPSA) is 43.8 Å². The summed E-state index contributed by atoms with van der Waals surface area (Å²) in [6.45, 7) is -1.03. The Kier molecular flexibility index (Phi) is 2.46. The van der Waals surface area contributed by atoms with Crippen molar-refractivity contribution >= 4 is 0 Å². The monoisotopic (exact) mass is 219 g/mol. The number of nitrogens with two attached hydrogens (primary N) is 1. The highest BCUT2D eigenvalue weighted by Gasteiger charge is 2.30. The summed E-state index contributed by atoms with van der Waals surface area (Å²) < 4.78 is 37.3. The summed E-state index contributed by atoms with van der Waals surface area (Å²) in [6, 6.07) is -0.205. The maximum Gasteiger partial charge on any atom is 0.408 e. The molecule has 0 spiro atoms. The van der Waals surface area contributed by atoms with E-state index in [0.717, 1.165) is 29.5 Å². The molecule has 1 aromatic heterocycles. The van der Waals surface area contributed by atoms with Crippen molar-refractivity contribution in [3.05, 3.63) is 17.5 Å². The van der Waals surface area contributed by atoms with Gasteiger partial charge in [0, 0.05) is 12.2 Å². The first-order valence-electron chi connectivity index (χ1n) is 4.84. The molecule has 0 saturated carbocycles. The van der Waals surface area contributed by atoms with Crippen LogP contribution in [0.2, 0.25) is 0 Å². The van der Waals surface area contributed by atoms with Crippen molar-refractivity contribution in [1.29, 1.82) is 0 Å². The molecule has 1 aliphatic rings. The Morgan fingerprint density at radius 3 is 2.87 bits per heavy atom. The zero-order valence-electron chi connectivity index (χ0n) is 8.09. The van der Waals surface area contributed by atoms with Gasteiger partial charge >= 0.3 is 6.18 Å². The van der Waals surface area contributed by atoms with E-state index in [-0.39, 0.29) is 6.04 Å². The number of aryl methyl sites for hydroxylation is 1. The van der Waals surface area contributed by atoms with Crippen molar-refractivity contribution in [3.8, 4) is 0 Å². The fourth-order valence-corrected chi connectivity index (χ4v) is 1.90. The molecule has 6 heteroatoms. The van der Waals surface area contributed by atoms with E-state index in [1.165, 1.54) is 6.20 Å². The highest BCUT2D eigenvalue weighted by Crippen LogP contribution is 2.27. The van der Waals surface area contributed by atoms with E-state index < -0.39 is 12.7 Å². The molecule has 0 amide bonds. The van der Waals surface area contributed by atoms with E-state index >= 15 is 0 Å². The molecular weight excluding hydrogens is 207 g/mol. The maximum absolute atomic E-state index is 12.1. The quantitative estimate of drug-likeness (QED) is 0.782. The molecule has 1 heterocycles. The van der Waals surface area contributed by atoms with Crippen molar-refractivity contribution in [2.24, 2.45) is 5.73 Å². The lowest BCUT2D eigenvalue weighted by Crippen LogP contribution is -2.19. The summed E-state index contributed by atoms with van der Waals surface area (Å²) in [7, 11) is 0. The SMILES string of the molecule is N[C@@H]1CCCc2cn(CC(F)(F)F)nc21. The van der Waals surface area contributed by atoms with Crippen molar-refractivity contribution in [1.82, 2.24) is 9.78 Å². The molecule has 1 aromatic rings. The van der Waals surface area contributed by atoms with Gasteiger partial charge in [0.15, 0.2) is 0 Å². The smallest absolute Gasteiger partial charge is 0.323 e. The predicted octanol–water partition coefficient (Wildman–Crippen LogP) is 1.78. The lowest BCUT2D eigenvalue weighted by molar-refractivity contribution is -0.142. The molecule has 84 valence electrons. The molecule has 15 heavy (non-hydrogen) atoms. The molecule has 0 fully saturated rings. The fraction of sp³-hybridized carbons (Fsp3) is 0.667. The Bertz CT molecular complexity index is 356. The standard InChI is InChI=1S/C9H12F3N3/c10-9(11,12)5-15-4-6-2-1-3-7(13)8(6)14-15/h4,7H,1-3,5,13H2/t7-/m1/s1. The highest BCUT2D eigenvalue weighted by atomic mass is 19.4. The van der Waals surface area contributed by atoms with Crippen LogP contribution in [0.3, 0.4) is 0 Å². The van der Waals surface area contributed by atoms with Crippen LogP contribution in [0.15, 0.2) is 6.20 Å². The number of hydrogen-bond donors (Lipinski definition) is 1. The van der Waals surface area contributed by atoms with E-state index in [1.807, 2.05) is 0 Å². The molecule has 3 nitrogen and oxygen atoms in total. The molecule has 0 unspecified atom stereocenters. The van der Waals surface area contributed by atoms with Crippen LogP contribution in [0.25, 0.3) is 0 Å². The summed E-state index contributed by atoms with van der Waals surface area (Å²) in [4.78, 5) is 0. The van der Waals surface area contributed by atoms with Crippen LogP contribution in [0.5, 0.6) is 0 Å². The van der Waals surface area contributed by atoms with Crippen LogP contribution >= 0.6 is 0 Å². The second-order valence-corrected chi connectivity index (χ2v) is 3.85. The average molecular weight is 219 g/mol. The van der Waals surface area contributed by atoms with Crippen LogP contribution in [0.4, 0.5) is 13.2 Å². The van der Waals surface area contributed by atoms with E-state index in [4.69, 9.17) is 5.73 Å². The summed E-state index contributed by atoms with van der Waals surface area (Å²) in [6.07, 6.45) is -0.261. The number of fused-ring (bicyclic) bond motifs is 1. The number of halogens is 3. The van der Waals surface area contributed by atoms with Gasteiger partial charge in [0.1, 0.15) is 6.54 Å². The van der Waals surface area contributed by atoms with E-state index in [0.29, 0.717) is 5.69 Å². The lowest BCUT2D eigenvalue weighted by atomic mass is 9.95. The molecule has 1 atom stereocenters. The number of alkyl halides is 3. The van der Waals surface area contributed by atoms with Crippen molar-refractivity contribution < 1.29 is 13.2 Å². The molecular formula is C9H12F3N3. The van der Waals surface area contributed by atoms with E-state index in [9.17, 15) is 13.2 Å². The zero-order chi connectivity index (χ0) is 11.1. The van der Waals surface area contributed by atoms with Gasteiger partial charge in [-0.3, -0.25) is 4.68 Å². The molecule has 0 bridgehead atoms. The molecule has 0 aromatic carbocycles. The number of rotatable bonds is 1. The number of aromatic nitrogens is 2. The Morgan fingerprint density at radius 2 is 2.27 bits per heavy atom. The van der Waals surface area contributed by atoms with Crippen LogP contribution in [-0.2, 0) is 13.0 Å². The third-order valence-corrected chi connectivity index (χ3v) is 2.52. The van der Waals surface area contributed by atoms with Gasteiger partial charge in [-0.05, 0) is 24.8 Å². The lowest BCUT2D eigenvalue weighted by Gasteiger charge is -2.15. The normalized spacial score (nSPS) is 21.5. The van der Waals surface area contributed by atoms with Gasteiger partial charge < -0.3 is 5.73 Å². The van der Waals surface area contributed by atoms with Crippen LogP contribution in [0, 0.1) is 0 Å². The molecule has 0 radical (unpaired) electrons. The van der Waals surface area contributed by atoms with Gasteiger partial charge in [-0.2, -0.15) is 18.3 Å². The Labute approximate surface area is 85.1 Å². The van der Waals surface area contributed by atoms with Crippen LogP contribution < -0.4 is 5.73 Å². The van der Waals surface area contributed by atoms with Gasteiger partial charge in [-0.1, -0.05) is 0 Å². The highest BCUT2D eigenvalue weighted by molar-refractivity contribution is 5.23. The second kappa shape index (κ2) is 3.52. The molecule has 1 aliphatic carbocycles. The summed E-state index contributed by atoms with van der Waals surface area (Å²) in [5.41, 5.74) is 7.26. The van der Waals surface area contributed by atoms with Crippen LogP contribution in [-0.4, -0.2) is 16.0 Å². The average Bonchev–Trinajstić information content (AvgIpc) is 2.45. The largest absolute Gasteiger partial charge is 0.408 e. The predicted molar refractivity (Wildman–Crippen MR) is 48.1 cm³/mol. The van der Waals surface area contributed by atoms with E-state index in [1.54, 1.807) is 0 Å². The van der Waals surface area contributed by atoms with Gasteiger partial charge in [0.05, 0.1) is 5.69 Å². The van der Waals surface area contributed by atoms with Crippen LogP contribution in [0.1, 0.15) is 30.1 Å². The first-order valence-corrected chi connectivity index (χ1v) is 4.84. The van der Waals surface area contributed by atoms with Crippen molar-refractivity contribution in [3.63, 3.8) is 0 Å². The van der Waals surface area contributed by atoms with Crippen molar-refractivity contribution in [2.45, 2.75) is 38.0 Å². The first-order chi connectivity index (χ1) is 6.96. The number of hydrogen-bond acceptors (Lipinski definition) is 2. The summed E-state index contributed by atoms with van der Waals surface area (Å²) in [5.74, 6) is 0. The minimum atomic E-state index is -4.22.